The Labute approximate surface area is 165 Å². The molecule has 1 amide bonds. The van der Waals surface area contributed by atoms with Gasteiger partial charge in [-0.15, -0.1) is 0 Å². The number of ether oxygens (including phenoxy) is 1. The van der Waals surface area contributed by atoms with E-state index in [9.17, 15) is 22.8 Å². The predicted molar refractivity (Wildman–Crippen MR) is 102 cm³/mol. The van der Waals surface area contributed by atoms with E-state index in [1.807, 2.05) is 0 Å². The van der Waals surface area contributed by atoms with Crippen LogP contribution in [0.1, 0.15) is 28.7 Å². The highest BCUT2D eigenvalue weighted by Crippen LogP contribution is 2.33. The van der Waals surface area contributed by atoms with Crippen LogP contribution in [0.2, 0.25) is 0 Å². The third-order valence-electron chi connectivity index (χ3n) is 4.05. The number of aliphatic carboxylic acids is 1. The van der Waals surface area contributed by atoms with E-state index in [-0.39, 0.29) is 6.61 Å². The number of amides is 1. The minimum atomic E-state index is -4.47. The van der Waals surface area contributed by atoms with Crippen molar-refractivity contribution in [1.29, 1.82) is 0 Å². The van der Waals surface area contributed by atoms with Crippen molar-refractivity contribution in [2.45, 2.75) is 33.1 Å². The summed E-state index contributed by atoms with van der Waals surface area (Å²) in [6.45, 7) is 3.37. The van der Waals surface area contributed by atoms with Crippen LogP contribution in [0.3, 0.4) is 0 Å². The van der Waals surface area contributed by atoms with Crippen LogP contribution in [0.5, 0.6) is 5.75 Å². The van der Waals surface area contributed by atoms with Crippen LogP contribution < -0.4 is 15.4 Å². The Balaban J connectivity index is 2.19. The van der Waals surface area contributed by atoms with Gasteiger partial charge in [0.05, 0.1) is 5.56 Å². The third kappa shape index (κ3) is 6.13. The van der Waals surface area contributed by atoms with Crippen molar-refractivity contribution in [3.8, 4) is 5.75 Å². The normalized spacial score (nSPS) is 11.1. The molecular formula is C20H21F3N2O4. The molecule has 0 bridgehead atoms. The maximum atomic E-state index is 13.1. The summed E-state index contributed by atoms with van der Waals surface area (Å²) in [5.41, 5.74) is 1.61. The van der Waals surface area contributed by atoms with Gasteiger partial charge in [0, 0.05) is 18.4 Å². The number of hydrogen-bond donors (Lipinski definition) is 3. The lowest BCUT2D eigenvalue weighted by Gasteiger charge is -2.16. The second kappa shape index (κ2) is 8.85. The molecule has 2 aromatic rings. The molecular weight excluding hydrogens is 389 g/mol. The van der Waals surface area contributed by atoms with Crippen molar-refractivity contribution in [2.75, 3.05) is 17.7 Å². The van der Waals surface area contributed by atoms with E-state index in [0.29, 0.717) is 33.8 Å². The van der Waals surface area contributed by atoms with Crippen molar-refractivity contribution < 1.29 is 32.6 Å². The Kier molecular flexibility index (Phi) is 6.73. The summed E-state index contributed by atoms with van der Waals surface area (Å²) in [5.74, 6) is -1.42. The molecule has 29 heavy (non-hydrogen) atoms. The fourth-order valence-electron chi connectivity index (χ4n) is 2.83. The Morgan fingerprint density at radius 1 is 1.03 bits per heavy atom. The second-order valence-electron chi connectivity index (χ2n) is 6.51. The molecule has 0 atom stereocenters. The zero-order valence-corrected chi connectivity index (χ0v) is 16.1. The highest BCUT2D eigenvalue weighted by molar-refractivity contribution is 6.01. The van der Waals surface area contributed by atoms with Crippen LogP contribution >= 0.6 is 0 Å². The van der Waals surface area contributed by atoms with Crippen LogP contribution in [0.25, 0.3) is 0 Å². The van der Waals surface area contributed by atoms with Gasteiger partial charge in [0.1, 0.15) is 18.8 Å². The van der Waals surface area contributed by atoms with Crippen molar-refractivity contribution in [3.05, 3.63) is 52.6 Å². The van der Waals surface area contributed by atoms with Gasteiger partial charge in [-0.05, 0) is 60.9 Å². The van der Waals surface area contributed by atoms with Crippen LogP contribution in [0.4, 0.5) is 24.5 Å². The highest BCUT2D eigenvalue weighted by atomic mass is 19.4. The van der Waals surface area contributed by atoms with Crippen LogP contribution in [0, 0.1) is 13.8 Å². The smallest absolute Gasteiger partial charge is 0.416 e. The number of carboxylic acid groups (broad SMARTS) is 1. The van der Waals surface area contributed by atoms with Crippen molar-refractivity contribution in [3.63, 3.8) is 0 Å². The van der Waals surface area contributed by atoms with Crippen molar-refractivity contribution >= 4 is 23.3 Å². The molecule has 0 fully saturated rings. The Morgan fingerprint density at radius 2 is 1.66 bits per heavy atom. The molecule has 156 valence electrons. The van der Waals surface area contributed by atoms with Gasteiger partial charge in [-0.1, -0.05) is 0 Å². The molecule has 0 saturated heterocycles. The topological polar surface area (TPSA) is 87.7 Å². The van der Waals surface area contributed by atoms with E-state index >= 15 is 0 Å². The lowest BCUT2D eigenvalue weighted by molar-refractivity contribution is -0.140. The number of carbonyl (C=O) groups is 2. The van der Waals surface area contributed by atoms with Crippen LogP contribution in [0.15, 0.2) is 30.3 Å². The van der Waals surface area contributed by atoms with E-state index in [2.05, 4.69) is 10.6 Å². The lowest BCUT2D eigenvalue weighted by atomic mass is 10.1. The Morgan fingerprint density at radius 3 is 2.17 bits per heavy atom. The maximum absolute atomic E-state index is 13.1. The monoisotopic (exact) mass is 410 g/mol. The number of halogens is 3. The summed E-state index contributed by atoms with van der Waals surface area (Å²) >= 11 is 0. The number of carboxylic acids is 1. The molecule has 0 radical (unpaired) electrons. The number of nitrogens with one attached hydrogen (secondary N) is 2. The first-order valence-corrected chi connectivity index (χ1v) is 8.64. The molecule has 0 unspecified atom stereocenters. The second-order valence-corrected chi connectivity index (χ2v) is 6.51. The minimum Gasteiger partial charge on any atom is -0.488 e. The number of anilines is 2. The first kappa shape index (κ1) is 22.1. The lowest BCUT2D eigenvalue weighted by Crippen LogP contribution is -2.16. The molecule has 0 aliphatic rings. The molecule has 0 heterocycles. The molecule has 0 aliphatic carbocycles. The van der Waals surface area contributed by atoms with Gasteiger partial charge in [0.2, 0.25) is 5.91 Å². The first-order chi connectivity index (χ1) is 13.5. The molecule has 2 aromatic carbocycles. The molecule has 0 aromatic heterocycles. The fourth-order valence-corrected chi connectivity index (χ4v) is 2.83. The first-order valence-electron chi connectivity index (χ1n) is 8.64. The van der Waals surface area contributed by atoms with Gasteiger partial charge in [0.15, 0.2) is 0 Å². The average Bonchev–Trinajstić information content (AvgIpc) is 2.59. The SMILES string of the molecule is CNc1cc(COc2c(C)cc(NC(=O)CC(=O)O)cc2C)cc(C(F)(F)F)c1. The Hall–Kier alpha value is -3.23. The molecule has 0 spiro atoms. The van der Waals surface area contributed by atoms with E-state index in [4.69, 9.17) is 9.84 Å². The number of hydrogen-bond acceptors (Lipinski definition) is 4. The zero-order valence-electron chi connectivity index (χ0n) is 16.1. The summed E-state index contributed by atoms with van der Waals surface area (Å²) in [6.07, 6.45) is -5.12. The summed E-state index contributed by atoms with van der Waals surface area (Å²) in [5, 5.41) is 13.8. The highest BCUT2D eigenvalue weighted by Gasteiger charge is 2.31. The summed E-state index contributed by atoms with van der Waals surface area (Å²) in [6, 6.07) is 6.83. The van der Waals surface area contributed by atoms with E-state index in [1.54, 1.807) is 32.0 Å². The quantitative estimate of drug-likeness (QED) is 0.591. The molecule has 6 nitrogen and oxygen atoms in total. The van der Waals surface area contributed by atoms with E-state index < -0.39 is 30.0 Å². The average molecular weight is 410 g/mol. The fraction of sp³-hybridized carbons (Fsp3) is 0.300. The summed E-state index contributed by atoms with van der Waals surface area (Å²) in [7, 11) is 1.53. The van der Waals surface area contributed by atoms with Gasteiger partial charge < -0.3 is 20.5 Å². The van der Waals surface area contributed by atoms with Gasteiger partial charge in [-0.2, -0.15) is 13.2 Å². The largest absolute Gasteiger partial charge is 0.488 e. The van der Waals surface area contributed by atoms with Crippen LogP contribution in [-0.2, 0) is 22.4 Å². The number of rotatable bonds is 7. The predicted octanol–water partition coefficient (Wildman–Crippen LogP) is 4.36. The minimum absolute atomic E-state index is 0.0784. The summed E-state index contributed by atoms with van der Waals surface area (Å²) < 4.78 is 44.9. The number of aryl methyl sites for hydroxylation is 2. The number of benzene rings is 2. The number of alkyl halides is 3. The van der Waals surface area contributed by atoms with Crippen molar-refractivity contribution in [2.24, 2.45) is 0 Å². The molecule has 0 saturated carbocycles. The molecule has 2 rings (SSSR count). The van der Waals surface area contributed by atoms with Crippen LogP contribution in [-0.4, -0.2) is 24.0 Å². The van der Waals surface area contributed by atoms with Gasteiger partial charge >= 0.3 is 12.1 Å². The zero-order chi connectivity index (χ0) is 21.8. The van der Waals surface area contributed by atoms with Gasteiger partial charge in [0.25, 0.3) is 0 Å². The van der Waals surface area contributed by atoms with Gasteiger partial charge in [-0.25, -0.2) is 0 Å². The van der Waals surface area contributed by atoms with E-state index in [1.165, 1.54) is 7.05 Å². The third-order valence-corrected chi connectivity index (χ3v) is 4.05. The molecule has 3 N–H and O–H groups in total. The molecule has 9 heteroatoms. The maximum Gasteiger partial charge on any atom is 0.416 e. The Bertz CT molecular complexity index is 903. The van der Waals surface area contributed by atoms with Crippen molar-refractivity contribution in [1.82, 2.24) is 0 Å². The number of carbonyl (C=O) groups excluding carboxylic acids is 1. The summed E-state index contributed by atoms with van der Waals surface area (Å²) in [4.78, 5) is 22.2. The van der Waals surface area contributed by atoms with Gasteiger partial charge in [-0.3, -0.25) is 9.59 Å². The standard InChI is InChI=1S/C20H21F3N2O4/c1-11-4-16(25-17(26)9-18(27)28)5-12(2)19(11)29-10-13-6-14(20(21,22)23)8-15(7-13)24-3/h4-8,24H,9-10H2,1-3H3,(H,25,26)(H,27,28). The van der Waals surface area contributed by atoms with E-state index in [0.717, 1.165) is 12.1 Å². The molecule has 0 aliphatic heterocycles.